The Morgan fingerprint density at radius 2 is 1.89 bits per heavy atom. The number of pyridine rings is 1. The second-order valence-electron chi connectivity index (χ2n) is 9.06. The van der Waals surface area contributed by atoms with Crippen molar-refractivity contribution in [2.24, 2.45) is 0 Å². The first-order chi connectivity index (χ1) is 17.1. The third-order valence-electron chi connectivity index (χ3n) is 6.10. The molecule has 2 aromatic heterocycles. The van der Waals surface area contributed by atoms with E-state index in [4.69, 9.17) is 15.9 Å². The molecular weight excluding hydrogens is 478 g/mol. The number of hydrogen-bond donors (Lipinski definition) is 3. The molecule has 4 rings (SSSR count). The van der Waals surface area contributed by atoms with E-state index in [1.807, 2.05) is 0 Å². The Bertz CT molecular complexity index is 1330. The number of nitrogens with zero attached hydrogens (tertiary/aromatic N) is 4. The first kappa shape index (κ1) is 25.5. The highest BCUT2D eigenvalue weighted by Gasteiger charge is 2.25. The molecule has 194 valence electrons. The molecule has 1 aromatic carbocycles. The van der Waals surface area contributed by atoms with Crippen molar-refractivity contribution in [1.82, 2.24) is 19.9 Å². The molecule has 0 radical (unpaired) electrons. The molecule has 0 saturated carbocycles. The lowest BCUT2D eigenvalue weighted by molar-refractivity contribution is 0.0812. The summed E-state index contributed by atoms with van der Waals surface area (Å²) in [5, 5.41) is 8.16. The molecule has 0 amide bonds. The van der Waals surface area contributed by atoms with Gasteiger partial charge in [0.15, 0.2) is 5.82 Å². The molecule has 36 heavy (non-hydrogen) atoms. The molecule has 4 N–H and O–H groups in total. The molecule has 11 heteroatoms. The molecule has 1 aliphatic rings. The van der Waals surface area contributed by atoms with E-state index in [9.17, 15) is 8.42 Å². The lowest BCUT2D eigenvalue weighted by Gasteiger charge is -2.34. The van der Waals surface area contributed by atoms with Gasteiger partial charge in [-0.25, -0.2) is 13.4 Å². The maximum Gasteiger partial charge on any atom is 0.263 e. The minimum Gasteiger partial charge on any atom is -0.474 e. The van der Waals surface area contributed by atoms with E-state index in [1.54, 1.807) is 37.3 Å². The Hall–Kier alpha value is -3.57. The van der Waals surface area contributed by atoms with Gasteiger partial charge in [-0.3, -0.25) is 9.71 Å². The predicted octanol–water partition coefficient (Wildman–Crippen LogP) is 4.05. The van der Waals surface area contributed by atoms with Crippen molar-refractivity contribution < 1.29 is 16.0 Å². The monoisotopic (exact) mass is 513 g/mol. The summed E-state index contributed by atoms with van der Waals surface area (Å²) < 4.78 is 33.9. The molecule has 0 unspecified atom stereocenters. The summed E-state index contributed by atoms with van der Waals surface area (Å²) in [6.07, 6.45) is 4.50. The molecular formula is C25H35N7O3S. The zero-order chi connectivity index (χ0) is 25.9. The summed E-state index contributed by atoms with van der Waals surface area (Å²) in [6.45, 7) is 7.87. The van der Waals surface area contributed by atoms with Crippen LogP contribution in [-0.4, -0.2) is 59.2 Å². The van der Waals surface area contributed by atoms with Gasteiger partial charge < -0.3 is 20.8 Å². The number of aromatic nitrogens is 3. The van der Waals surface area contributed by atoms with Crippen LogP contribution in [0.3, 0.4) is 0 Å². The average Bonchev–Trinajstić information content (AvgIpc) is 2.84. The Morgan fingerprint density at radius 1 is 1.19 bits per heavy atom. The highest BCUT2D eigenvalue weighted by atomic mass is 32.2. The second-order valence-corrected chi connectivity index (χ2v) is 10.7. The molecule has 0 spiro atoms. The molecule has 3 aromatic rings. The largest absolute Gasteiger partial charge is 0.474 e. The summed E-state index contributed by atoms with van der Waals surface area (Å²) in [5.74, 6) is 0.812. The van der Waals surface area contributed by atoms with Crippen LogP contribution in [0.25, 0.3) is 11.4 Å². The van der Waals surface area contributed by atoms with E-state index in [0.717, 1.165) is 25.9 Å². The van der Waals surface area contributed by atoms with Crippen LogP contribution in [-0.2, 0) is 10.0 Å². The molecule has 1 saturated heterocycles. The van der Waals surface area contributed by atoms with E-state index in [-0.39, 0.29) is 25.4 Å². The lowest BCUT2D eigenvalue weighted by Crippen LogP contribution is -2.42. The molecule has 1 aliphatic heterocycles. The highest BCUT2D eigenvalue weighted by molar-refractivity contribution is 7.92. The third-order valence-corrected chi connectivity index (χ3v) is 7.47. The number of anilines is 2. The third kappa shape index (κ3) is 5.80. The average molecular weight is 514 g/mol. The first-order valence-electron chi connectivity index (χ1n) is 11.8. The smallest absolute Gasteiger partial charge is 0.263 e. The minimum absolute atomic E-state index is 0. The van der Waals surface area contributed by atoms with Crippen LogP contribution in [0, 0.1) is 5.41 Å². The number of hydrogen-bond acceptors (Lipinski definition) is 9. The van der Waals surface area contributed by atoms with Gasteiger partial charge in [0, 0.05) is 51.3 Å². The number of ether oxygens (including phenoxy) is 1. The number of nitrogen functional groups attached to an aromatic ring is 1. The molecule has 0 aliphatic carbocycles. The van der Waals surface area contributed by atoms with Crippen LogP contribution in [0.2, 0.25) is 0 Å². The van der Waals surface area contributed by atoms with E-state index in [2.05, 4.69) is 38.4 Å². The number of benzene rings is 1. The van der Waals surface area contributed by atoms with Gasteiger partial charge in [-0.1, -0.05) is 0 Å². The van der Waals surface area contributed by atoms with Crippen LogP contribution < -0.4 is 15.2 Å². The Morgan fingerprint density at radius 3 is 2.47 bits per heavy atom. The van der Waals surface area contributed by atoms with Crippen LogP contribution in [0.1, 0.15) is 42.0 Å². The standard InChI is InChI=1S/C25H31N7O3S.2H2/c1-16(2)32-13-10-20(11-14-32)35-25-22(17(3)26)23(27)29-24(30-25)18-6-8-19(9-7-18)31-36(33,34)21-5-4-12-28-15-21;;/h4-9,12,15-16,20,26,31H,10-11,13-14H2,1-3H3,(H2,27,29,30);2*1H. The fourth-order valence-corrected chi connectivity index (χ4v) is 5.12. The van der Waals surface area contributed by atoms with E-state index in [1.165, 1.54) is 18.5 Å². The van der Waals surface area contributed by atoms with E-state index in [0.29, 0.717) is 34.6 Å². The maximum absolute atomic E-state index is 12.6. The fraction of sp³-hybridized carbons (Fsp3) is 0.360. The van der Waals surface area contributed by atoms with Gasteiger partial charge in [-0.2, -0.15) is 4.98 Å². The topological polar surface area (TPSA) is 147 Å². The van der Waals surface area contributed by atoms with Crippen molar-refractivity contribution in [2.45, 2.75) is 50.7 Å². The molecule has 10 nitrogen and oxygen atoms in total. The van der Waals surface area contributed by atoms with Gasteiger partial charge >= 0.3 is 0 Å². The summed E-state index contributed by atoms with van der Waals surface area (Å²) in [5.41, 5.74) is 7.88. The zero-order valence-electron chi connectivity index (χ0n) is 20.6. The van der Waals surface area contributed by atoms with Crippen molar-refractivity contribution >= 4 is 27.2 Å². The van der Waals surface area contributed by atoms with Crippen molar-refractivity contribution in [3.05, 3.63) is 54.4 Å². The lowest BCUT2D eigenvalue weighted by atomic mass is 10.1. The second kappa shape index (κ2) is 10.6. The number of sulfonamides is 1. The van der Waals surface area contributed by atoms with Crippen molar-refractivity contribution in [2.75, 3.05) is 23.5 Å². The molecule has 3 heterocycles. The van der Waals surface area contributed by atoms with E-state index >= 15 is 0 Å². The van der Waals surface area contributed by atoms with Gasteiger partial charge in [0.2, 0.25) is 5.88 Å². The van der Waals surface area contributed by atoms with Crippen molar-refractivity contribution in [3.8, 4) is 17.3 Å². The Kier molecular flexibility index (Phi) is 7.51. The zero-order valence-corrected chi connectivity index (χ0v) is 21.4. The summed E-state index contributed by atoms with van der Waals surface area (Å²) >= 11 is 0. The number of likely N-dealkylation sites (tertiary alicyclic amines) is 1. The number of piperidine rings is 1. The van der Waals surface area contributed by atoms with Crippen LogP contribution in [0.15, 0.2) is 53.7 Å². The van der Waals surface area contributed by atoms with Gasteiger partial charge in [0.25, 0.3) is 10.0 Å². The summed E-state index contributed by atoms with van der Waals surface area (Å²) in [7, 11) is -3.76. The SMILES string of the molecule is CC(=N)c1c(N)nc(-c2ccc(NS(=O)(=O)c3cccnc3)cc2)nc1OC1CCN(C(C)C)CC1.[HH].[HH]. The predicted molar refractivity (Wildman–Crippen MR) is 144 cm³/mol. The van der Waals surface area contributed by atoms with Gasteiger partial charge in [0.1, 0.15) is 16.8 Å². The summed E-state index contributed by atoms with van der Waals surface area (Å²) in [4.78, 5) is 15.3. The first-order valence-corrected chi connectivity index (χ1v) is 13.3. The van der Waals surface area contributed by atoms with Crippen molar-refractivity contribution in [3.63, 3.8) is 0 Å². The van der Waals surface area contributed by atoms with Gasteiger partial charge in [0.05, 0.1) is 5.56 Å². The van der Waals surface area contributed by atoms with Crippen LogP contribution >= 0.6 is 0 Å². The Labute approximate surface area is 214 Å². The van der Waals surface area contributed by atoms with E-state index < -0.39 is 10.0 Å². The quantitative estimate of drug-likeness (QED) is 0.382. The highest BCUT2D eigenvalue weighted by Crippen LogP contribution is 2.29. The molecule has 1 fully saturated rings. The maximum atomic E-state index is 12.6. The Balaban J connectivity index is 0.00000253. The van der Waals surface area contributed by atoms with Crippen LogP contribution in [0.4, 0.5) is 11.5 Å². The fourth-order valence-electron chi connectivity index (χ4n) is 4.10. The van der Waals surface area contributed by atoms with Gasteiger partial charge in [-0.05, 0) is 70.0 Å². The minimum atomic E-state index is -3.76. The molecule has 0 atom stereocenters. The van der Waals surface area contributed by atoms with Crippen LogP contribution in [0.5, 0.6) is 5.88 Å². The van der Waals surface area contributed by atoms with Gasteiger partial charge in [-0.15, -0.1) is 0 Å². The number of nitrogens with one attached hydrogen (secondary N) is 2. The summed E-state index contributed by atoms with van der Waals surface area (Å²) in [6, 6.07) is 10.2. The van der Waals surface area contributed by atoms with Crippen molar-refractivity contribution in [1.29, 1.82) is 5.41 Å². The number of rotatable bonds is 8. The number of nitrogens with two attached hydrogens (primary N) is 1. The molecule has 0 bridgehead atoms. The normalized spacial score (nSPS) is 15.1.